The lowest BCUT2D eigenvalue weighted by Crippen LogP contribution is -2.57. The number of amides is 4. The van der Waals surface area contributed by atoms with E-state index in [0.29, 0.717) is 11.1 Å². The number of hydrogen-bond donors (Lipinski definition) is 9. The second-order valence-electron chi connectivity index (χ2n) is 10.1. The van der Waals surface area contributed by atoms with Gasteiger partial charge in [0.25, 0.3) is 0 Å². The number of nitrogens with one attached hydrogen (secondary N) is 3. The quantitative estimate of drug-likeness (QED) is 0.0526. The van der Waals surface area contributed by atoms with Crippen LogP contribution in [0, 0.1) is 0 Å². The smallest absolute Gasteiger partial charge is 0.326 e. The highest BCUT2D eigenvalue weighted by Gasteiger charge is 2.30. The van der Waals surface area contributed by atoms with Crippen LogP contribution in [-0.2, 0) is 36.8 Å². The molecule has 4 atom stereocenters. The van der Waals surface area contributed by atoms with Gasteiger partial charge in [-0.3, -0.25) is 24.2 Å². The Labute approximate surface area is 254 Å². The fourth-order valence-corrected chi connectivity index (χ4v) is 4.15. The number of guanidine groups is 1. The molecule has 0 aliphatic rings. The second kappa shape index (κ2) is 17.7. The Morgan fingerprint density at radius 3 is 1.86 bits per heavy atom. The molecule has 13 N–H and O–H groups in total. The van der Waals surface area contributed by atoms with Gasteiger partial charge in [0.1, 0.15) is 23.9 Å². The van der Waals surface area contributed by atoms with Gasteiger partial charge in [-0.25, -0.2) is 4.79 Å². The second-order valence-corrected chi connectivity index (χ2v) is 10.1. The molecule has 2 aromatic rings. The number of aliphatic imine (C=N–C) groups is 1. The van der Waals surface area contributed by atoms with Gasteiger partial charge in [-0.2, -0.15) is 0 Å². The zero-order valence-electron chi connectivity index (χ0n) is 24.1. The van der Waals surface area contributed by atoms with E-state index in [1.165, 1.54) is 24.3 Å². The monoisotopic (exact) mass is 612 g/mol. The summed E-state index contributed by atoms with van der Waals surface area (Å²) in [5, 5.41) is 26.9. The molecule has 44 heavy (non-hydrogen) atoms. The van der Waals surface area contributed by atoms with Crippen molar-refractivity contribution in [1.29, 1.82) is 0 Å². The van der Waals surface area contributed by atoms with Crippen LogP contribution in [0.2, 0.25) is 0 Å². The number of carbonyl (C=O) groups is 5. The van der Waals surface area contributed by atoms with Crippen LogP contribution in [0.5, 0.6) is 5.75 Å². The van der Waals surface area contributed by atoms with Gasteiger partial charge in [0, 0.05) is 25.8 Å². The van der Waals surface area contributed by atoms with Crippen molar-refractivity contribution in [3.05, 3.63) is 65.7 Å². The van der Waals surface area contributed by atoms with Crippen LogP contribution in [0.3, 0.4) is 0 Å². The largest absolute Gasteiger partial charge is 0.508 e. The summed E-state index contributed by atoms with van der Waals surface area (Å²) in [4.78, 5) is 66.7. The Kier molecular flexibility index (Phi) is 14.1. The SMILES string of the molecule is NC(=O)CCC(N)C(=O)NC(Cc1ccccc1)C(=O)NC(CCCN=C(N)N)C(=O)NC(Cc1ccc(O)cc1)C(=O)O. The lowest BCUT2D eigenvalue weighted by molar-refractivity contribution is -0.142. The molecule has 0 heterocycles. The Balaban J connectivity index is 2.26. The van der Waals surface area contributed by atoms with E-state index in [4.69, 9.17) is 22.9 Å². The van der Waals surface area contributed by atoms with Crippen LogP contribution in [0.15, 0.2) is 59.6 Å². The van der Waals surface area contributed by atoms with E-state index in [-0.39, 0.29) is 56.8 Å². The standard InChI is InChI=1S/C29H40N8O7/c30-20(12-13-24(31)39)25(40)36-22(15-17-5-2-1-3-6-17)27(42)35-21(7-4-14-34-29(32)33)26(41)37-23(28(43)44)16-18-8-10-19(38)11-9-18/h1-3,5-6,8-11,20-23,38H,4,7,12-16,30H2,(H2,31,39)(H,35,42)(H,36,40)(H,37,41)(H,43,44)(H4,32,33,34). The van der Waals surface area contributed by atoms with Crippen molar-refractivity contribution >= 4 is 35.6 Å². The van der Waals surface area contributed by atoms with Crippen molar-refractivity contribution in [2.75, 3.05) is 6.54 Å². The molecule has 0 fully saturated rings. The van der Waals surface area contributed by atoms with Crippen LogP contribution in [0.1, 0.15) is 36.8 Å². The normalized spacial score (nSPS) is 13.4. The van der Waals surface area contributed by atoms with Crippen LogP contribution < -0.4 is 38.9 Å². The molecule has 4 unspecified atom stereocenters. The first kappa shape index (κ1) is 35.0. The molecule has 0 aromatic heterocycles. The molecule has 238 valence electrons. The highest BCUT2D eigenvalue weighted by atomic mass is 16.4. The van der Waals surface area contributed by atoms with Crippen molar-refractivity contribution in [1.82, 2.24) is 16.0 Å². The van der Waals surface area contributed by atoms with Crippen molar-refractivity contribution in [2.45, 2.75) is 62.7 Å². The van der Waals surface area contributed by atoms with Crippen LogP contribution >= 0.6 is 0 Å². The van der Waals surface area contributed by atoms with E-state index in [0.717, 1.165) is 0 Å². The highest BCUT2D eigenvalue weighted by Crippen LogP contribution is 2.12. The predicted octanol–water partition coefficient (Wildman–Crippen LogP) is -1.64. The maximum Gasteiger partial charge on any atom is 0.326 e. The number of aromatic hydroxyl groups is 1. The van der Waals surface area contributed by atoms with Crippen molar-refractivity contribution in [3.8, 4) is 5.75 Å². The van der Waals surface area contributed by atoms with Crippen LogP contribution in [0.4, 0.5) is 0 Å². The topological polar surface area (TPSA) is 278 Å². The first-order chi connectivity index (χ1) is 20.8. The number of carboxylic acids is 1. The fourth-order valence-electron chi connectivity index (χ4n) is 4.15. The van der Waals surface area contributed by atoms with E-state index in [1.54, 1.807) is 30.3 Å². The van der Waals surface area contributed by atoms with Gasteiger partial charge >= 0.3 is 5.97 Å². The van der Waals surface area contributed by atoms with E-state index in [2.05, 4.69) is 20.9 Å². The Hall–Kier alpha value is -5.18. The number of nitrogens with zero attached hydrogens (tertiary/aromatic N) is 1. The first-order valence-corrected chi connectivity index (χ1v) is 13.9. The summed E-state index contributed by atoms with van der Waals surface area (Å²) in [7, 11) is 0. The number of benzene rings is 2. The molecule has 4 amide bonds. The van der Waals surface area contributed by atoms with Crippen LogP contribution in [0.25, 0.3) is 0 Å². The van der Waals surface area contributed by atoms with Crippen LogP contribution in [-0.4, -0.2) is 76.5 Å². The lowest BCUT2D eigenvalue weighted by atomic mass is 10.0. The number of nitrogens with two attached hydrogens (primary N) is 4. The zero-order chi connectivity index (χ0) is 32.6. The number of carboxylic acid groups (broad SMARTS) is 1. The molecule has 0 spiro atoms. The van der Waals surface area contributed by atoms with Crippen molar-refractivity contribution in [3.63, 3.8) is 0 Å². The molecule has 2 rings (SSSR count). The molecule has 2 aromatic carbocycles. The summed E-state index contributed by atoms with van der Waals surface area (Å²) in [6.45, 7) is 0.136. The first-order valence-electron chi connectivity index (χ1n) is 13.9. The third-order valence-electron chi connectivity index (χ3n) is 6.52. The number of rotatable bonds is 18. The third-order valence-corrected chi connectivity index (χ3v) is 6.52. The van der Waals surface area contributed by atoms with Gasteiger partial charge in [0.05, 0.1) is 6.04 Å². The summed E-state index contributed by atoms with van der Waals surface area (Å²) in [5.74, 6) is -4.31. The molecule has 0 aliphatic carbocycles. The minimum absolute atomic E-state index is 0.000754. The number of phenols is 1. The Morgan fingerprint density at radius 2 is 1.27 bits per heavy atom. The molecule has 0 bridgehead atoms. The highest BCUT2D eigenvalue weighted by molar-refractivity contribution is 5.94. The Morgan fingerprint density at radius 1 is 0.727 bits per heavy atom. The molecule has 0 saturated carbocycles. The zero-order valence-corrected chi connectivity index (χ0v) is 24.1. The molecule has 0 radical (unpaired) electrons. The number of hydrogen-bond acceptors (Lipinski definition) is 8. The average Bonchev–Trinajstić information content (AvgIpc) is 2.97. The summed E-state index contributed by atoms with van der Waals surface area (Å²) < 4.78 is 0. The van der Waals surface area contributed by atoms with Crippen molar-refractivity contribution in [2.24, 2.45) is 27.9 Å². The van der Waals surface area contributed by atoms with Gasteiger partial charge in [-0.15, -0.1) is 0 Å². The fraction of sp³-hybridized carbons (Fsp3) is 0.379. The van der Waals surface area contributed by atoms with E-state index >= 15 is 0 Å². The molecule has 0 aliphatic heterocycles. The molecular formula is C29H40N8O7. The lowest BCUT2D eigenvalue weighted by Gasteiger charge is -2.25. The van der Waals surface area contributed by atoms with Gasteiger partial charge < -0.3 is 49.1 Å². The third kappa shape index (κ3) is 12.8. The maximum absolute atomic E-state index is 13.5. The van der Waals surface area contributed by atoms with Gasteiger partial charge in [-0.05, 0) is 42.5 Å². The average molecular weight is 613 g/mol. The van der Waals surface area contributed by atoms with Gasteiger partial charge in [0.15, 0.2) is 5.96 Å². The number of primary amides is 1. The number of aliphatic carboxylic acids is 1. The van der Waals surface area contributed by atoms with E-state index < -0.39 is 53.8 Å². The van der Waals surface area contributed by atoms with Gasteiger partial charge in [0.2, 0.25) is 23.6 Å². The number of carbonyl (C=O) groups excluding carboxylic acids is 4. The minimum atomic E-state index is -1.35. The summed E-state index contributed by atoms with van der Waals surface area (Å²) in [6, 6.07) is 9.75. The van der Waals surface area contributed by atoms with Crippen molar-refractivity contribution < 1.29 is 34.2 Å². The van der Waals surface area contributed by atoms with E-state index in [9.17, 15) is 34.2 Å². The van der Waals surface area contributed by atoms with E-state index in [1.807, 2.05) is 0 Å². The number of phenolic OH excluding ortho intramolecular Hbond substituents is 1. The maximum atomic E-state index is 13.5. The summed E-state index contributed by atoms with van der Waals surface area (Å²) in [6.07, 6.45) is 0.0723. The molecular weight excluding hydrogens is 572 g/mol. The summed E-state index contributed by atoms with van der Waals surface area (Å²) >= 11 is 0. The molecule has 0 saturated heterocycles. The molecule has 15 nitrogen and oxygen atoms in total. The predicted molar refractivity (Wildman–Crippen MR) is 162 cm³/mol. The van der Waals surface area contributed by atoms with Gasteiger partial charge in [-0.1, -0.05) is 42.5 Å². The Bertz CT molecular complexity index is 1300. The molecule has 15 heteroatoms. The summed E-state index contributed by atoms with van der Waals surface area (Å²) in [5.41, 5.74) is 23.0. The minimum Gasteiger partial charge on any atom is -0.508 e.